The molecule has 8 rings (SSSR count). The third-order valence-corrected chi connectivity index (χ3v) is 14.8. The average Bonchev–Trinajstić information content (AvgIpc) is 4.15. The van der Waals surface area contributed by atoms with Gasteiger partial charge in [0.1, 0.15) is 38.3 Å². The van der Waals surface area contributed by atoms with Gasteiger partial charge in [-0.1, -0.05) is 109 Å². The summed E-state index contributed by atoms with van der Waals surface area (Å²) in [6.07, 6.45) is 5.40. The Morgan fingerprint density at radius 2 is 1.20 bits per heavy atom. The zero-order valence-corrected chi connectivity index (χ0v) is 42.6. The lowest BCUT2D eigenvalue weighted by Crippen LogP contribution is -2.51. The number of ether oxygens (including phenoxy) is 1. The molecule has 0 bridgehead atoms. The van der Waals surface area contributed by atoms with Crippen LogP contribution in [0, 0.1) is 11.8 Å². The Kier molecular flexibility index (Phi) is 14.2. The highest BCUT2D eigenvalue weighted by molar-refractivity contribution is 9.10. The molecule has 3 fully saturated rings. The third kappa shape index (κ3) is 9.86. The zero-order valence-electron chi connectivity index (χ0n) is 39.5. The van der Waals surface area contributed by atoms with E-state index in [1.807, 2.05) is 23.6 Å². The number of rotatable bonds is 12. The van der Waals surface area contributed by atoms with Gasteiger partial charge < -0.3 is 34.7 Å². The van der Waals surface area contributed by atoms with Crippen molar-refractivity contribution in [2.45, 2.75) is 129 Å². The number of carbonyl (C=O) groups excluding carboxylic acids is 3. The van der Waals surface area contributed by atoms with Crippen LogP contribution in [0.4, 0.5) is 10.5 Å². The molecule has 0 saturated carbocycles. The topological polar surface area (TPSA) is 140 Å². The van der Waals surface area contributed by atoms with Crippen molar-refractivity contribution in [2.75, 3.05) is 25.1 Å². The Morgan fingerprint density at radius 3 is 1.65 bits per heavy atom. The molecule has 0 aliphatic carbocycles. The lowest BCUT2D eigenvalue weighted by Gasteiger charge is -2.34. The first kappa shape index (κ1) is 47.5. The van der Waals surface area contributed by atoms with E-state index in [9.17, 15) is 14.4 Å². The largest absolute Gasteiger partial charge is 0.453 e. The van der Waals surface area contributed by atoms with Gasteiger partial charge in [-0.15, -0.1) is 0 Å². The molecule has 3 N–H and O–H groups in total. The molecule has 3 saturated heterocycles. The summed E-state index contributed by atoms with van der Waals surface area (Å²) in [6, 6.07) is 26.0. The normalized spacial score (nSPS) is 20.5. The fourth-order valence-electron chi connectivity index (χ4n) is 10.1. The second kappa shape index (κ2) is 19.7. The summed E-state index contributed by atoms with van der Waals surface area (Å²) in [7, 11) is 1.30. The van der Waals surface area contributed by atoms with E-state index in [2.05, 4.69) is 159 Å². The van der Waals surface area contributed by atoms with Gasteiger partial charge in [0.15, 0.2) is 0 Å². The molecule has 5 aromatic rings. The van der Waals surface area contributed by atoms with Crippen molar-refractivity contribution in [1.82, 2.24) is 35.1 Å². The summed E-state index contributed by atoms with van der Waals surface area (Å²) < 4.78 is 6.41. The number of alkyl carbamates (subject to hydrolysis) is 1. The number of hydrogen-bond acceptors (Lipinski definition) is 7. The number of halogens is 2. The summed E-state index contributed by atoms with van der Waals surface area (Å²) in [4.78, 5) is 62.6. The number of nitrogens with zero attached hydrogens (tertiary/aromatic N) is 5. The van der Waals surface area contributed by atoms with Gasteiger partial charge in [-0.05, 0) is 116 Å². The summed E-state index contributed by atoms with van der Waals surface area (Å²) in [6.45, 7) is 16.1. The number of nitrogens with one attached hydrogen (secondary N) is 3. The number of anilines is 1. The SMILES string of the molecule is COC(=O)N[C@H](C(=O)N1CCC[C@H]1c1nc(-c2ccc([C@@H]3CC[C@@H](c4ccc(-c5nc([C@@H]6CCCN6C(=O)CC(C)C)[nH]c5Br)cc4)N3c3ccc(C(C)(C)C)cc3)cc2)c(Br)[nH]1)C(C)C. The smallest absolute Gasteiger partial charge is 0.407 e. The summed E-state index contributed by atoms with van der Waals surface area (Å²) in [5.41, 5.74) is 8.65. The molecule has 12 nitrogen and oxygen atoms in total. The maximum Gasteiger partial charge on any atom is 0.407 e. The van der Waals surface area contributed by atoms with Crippen LogP contribution in [0.15, 0.2) is 82.0 Å². The fraction of sp³-hybridized carbons (Fsp3) is 0.481. The molecule has 66 heavy (non-hydrogen) atoms. The Labute approximate surface area is 406 Å². The lowest BCUT2D eigenvalue weighted by molar-refractivity contribution is -0.135. The van der Waals surface area contributed by atoms with Crippen molar-refractivity contribution >= 4 is 55.5 Å². The zero-order chi connectivity index (χ0) is 47.0. The molecule has 0 spiro atoms. The molecule has 14 heteroatoms. The van der Waals surface area contributed by atoms with E-state index in [1.165, 1.54) is 29.5 Å². The Balaban J connectivity index is 1.03. The molecular weight excluding hydrogens is 960 g/mol. The number of benzene rings is 3. The van der Waals surface area contributed by atoms with E-state index in [4.69, 9.17) is 14.7 Å². The monoisotopic (exact) mass is 1020 g/mol. The third-order valence-electron chi connectivity index (χ3n) is 13.6. The van der Waals surface area contributed by atoms with Crippen molar-refractivity contribution in [3.05, 3.63) is 110 Å². The number of likely N-dealkylation sites (tertiary alicyclic amines) is 2. The standard InChI is InChI=1S/C52H64Br2N8O4/c1-30(2)29-42(63)60-27-9-11-40(60)48-55-44(46(53)58-48)34-17-13-32(14-18-34)38-25-26-39(62(38)37-23-21-36(22-24-37)52(5,6)7)33-15-19-35(20-16-33)45-47(54)59-49(56-45)41-12-10-28-61(41)50(64)43(31(3)4)57-51(65)66-8/h13-24,30-31,38-41,43H,9-12,25-29H2,1-8H3,(H,55,58)(H,56,59)(H,57,65)/t38-,39-,40-,41-,43-/m0/s1. The van der Waals surface area contributed by atoms with Gasteiger partial charge in [-0.3, -0.25) is 9.59 Å². The number of imidazole rings is 2. The molecule has 5 heterocycles. The van der Waals surface area contributed by atoms with Gasteiger partial charge in [-0.2, -0.15) is 0 Å². The molecule has 2 aromatic heterocycles. The molecular formula is C52H64Br2N8O4. The molecule has 350 valence electrons. The Hall–Kier alpha value is -4.95. The van der Waals surface area contributed by atoms with Gasteiger partial charge in [0.2, 0.25) is 11.8 Å². The van der Waals surface area contributed by atoms with Gasteiger partial charge >= 0.3 is 6.09 Å². The predicted octanol–water partition coefficient (Wildman–Crippen LogP) is 12.1. The van der Waals surface area contributed by atoms with Crippen LogP contribution in [0.3, 0.4) is 0 Å². The van der Waals surface area contributed by atoms with Crippen molar-refractivity contribution < 1.29 is 19.1 Å². The van der Waals surface area contributed by atoms with E-state index in [0.29, 0.717) is 18.9 Å². The maximum atomic E-state index is 13.8. The van der Waals surface area contributed by atoms with Crippen LogP contribution in [0.25, 0.3) is 22.5 Å². The van der Waals surface area contributed by atoms with Crippen molar-refractivity contribution in [3.63, 3.8) is 0 Å². The highest BCUT2D eigenvalue weighted by atomic mass is 79.9. The molecule has 5 atom stereocenters. The van der Waals surface area contributed by atoms with Crippen LogP contribution >= 0.6 is 31.9 Å². The van der Waals surface area contributed by atoms with E-state index < -0.39 is 12.1 Å². The van der Waals surface area contributed by atoms with E-state index in [0.717, 1.165) is 88.4 Å². The quantitative estimate of drug-likeness (QED) is 0.113. The minimum absolute atomic E-state index is 0.0384. The van der Waals surface area contributed by atoms with Gasteiger partial charge in [0, 0.05) is 36.3 Å². The summed E-state index contributed by atoms with van der Waals surface area (Å²) in [5.74, 6) is 1.82. The summed E-state index contributed by atoms with van der Waals surface area (Å²) >= 11 is 7.53. The Bertz CT molecular complexity index is 2510. The minimum Gasteiger partial charge on any atom is -0.453 e. The van der Waals surface area contributed by atoms with Gasteiger partial charge in [-0.25, -0.2) is 14.8 Å². The van der Waals surface area contributed by atoms with Gasteiger partial charge in [0.05, 0.1) is 31.3 Å². The maximum absolute atomic E-state index is 13.8. The first-order valence-electron chi connectivity index (χ1n) is 23.6. The first-order valence-corrected chi connectivity index (χ1v) is 25.2. The van der Waals surface area contributed by atoms with E-state index in [-0.39, 0.29) is 47.3 Å². The van der Waals surface area contributed by atoms with Crippen LogP contribution in [0.1, 0.15) is 146 Å². The second-order valence-corrected chi connectivity index (χ2v) is 21.6. The van der Waals surface area contributed by atoms with Crippen LogP contribution in [0.2, 0.25) is 0 Å². The summed E-state index contributed by atoms with van der Waals surface area (Å²) in [5, 5.41) is 2.74. The highest BCUT2D eigenvalue weighted by Crippen LogP contribution is 2.48. The molecule has 0 radical (unpaired) electrons. The number of aromatic amines is 2. The van der Waals surface area contributed by atoms with Crippen molar-refractivity contribution in [3.8, 4) is 22.5 Å². The average molecular weight is 1020 g/mol. The molecule has 3 aromatic carbocycles. The number of amides is 3. The molecule has 3 aliphatic heterocycles. The minimum atomic E-state index is -0.700. The number of aromatic nitrogens is 4. The predicted molar refractivity (Wildman–Crippen MR) is 267 cm³/mol. The Morgan fingerprint density at radius 1 is 0.712 bits per heavy atom. The highest BCUT2D eigenvalue weighted by Gasteiger charge is 2.39. The van der Waals surface area contributed by atoms with E-state index in [1.54, 1.807) is 0 Å². The number of hydrogen-bond donors (Lipinski definition) is 3. The van der Waals surface area contributed by atoms with Crippen LogP contribution in [0.5, 0.6) is 0 Å². The lowest BCUT2D eigenvalue weighted by atomic mass is 9.87. The number of methoxy groups -OCH3 is 1. The molecule has 3 aliphatic rings. The number of carbonyl (C=O) groups is 3. The first-order chi connectivity index (χ1) is 31.5. The van der Waals surface area contributed by atoms with Crippen LogP contribution in [-0.4, -0.2) is 73.9 Å². The van der Waals surface area contributed by atoms with Crippen molar-refractivity contribution in [2.24, 2.45) is 11.8 Å². The van der Waals surface area contributed by atoms with Gasteiger partial charge in [0.25, 0.3) is 0 Å². The fourth-order valence-corrected chi connectivity index (χ4v) is 11.2. The van der Waals surface area contributed by atoms with E-state index >= 15 is 0 Å². The number of H-pyrrole nitrogens is 2. The van der Waals surface area contributed by atoms with Crippen LogP contribution < -0.4 is 10.2 Å². The van der Waals surface area contributed by atoms with Crippen molar-refractivity contribution in [1.29, 1.82) is 0 Å². The second-order valence-electron chi connectivity index (χ2n) is 20.0. The molecule has 3 amide bonds. The molecule has 0 unspecified atom stereocenters. The van der Waals surface area contributed by atoms with Crippen LogP contribution in [-0.2, 0) is 19.7 Å².